The second-order valence-electron chi connectivity index (χ2n) is 3.98. The summed E-state index contributed by atoms with van der Waals surface area (Å²) in [6, 6.07) is 2.96. The largest absolute Gasteiger partial charge is 0.415 e. The minimum absolute atomic E-state index is 0.0902. The fraction of sp³-hybridized carbons (Fsp3) is 0.300. The molecule has 102 valence electrons. The van der Waals surface area contributed by atoms with Crippen molar-refractivity contribution < 1.29 is 17.7 Å². The van der Waals surface area contributed by atoms with Gasteiger partial charge >= 0.3 is 6.18 Å². The van der Waals surface area contributed by atoms with Gasteiger partial charge in [-0.1, -0.05) is 16.8 Å². The minimum Gasteiger partial charge on any atom is -0.336 e. The molecule has 5 nitrogen and oxygen atoms in total. The molecule has 19 heavy (non-hydrogen) atoms. The summed E-state index contributed by atoms with van der Waals surface area (Å²) in [6.07, 6.45) is -3.39. The summed E-state index contributed by atoms with van der Waals surface area (Å²) in [7, 11) is 0. The second-order valence-corrected chi connectivity index (χ2v) is 4.42. The molecule has 1 atom stereocenters. The molecule has 0 bridgehead atoms. The highest BCUT2D eigenvalue weighted by Gasteiger charge is 2.53. The van der Waals surface area contributed by atoms with E-state index in [1.165, 1.54) is 18.3 Å². The van der Waals surface area contributed by atoms with Crippen LogP contribution in [0.2, 0.25) is 5.02 Å². The van der Waals surface area contributed by atoms with E-state index in [4.69, 9.17) is 17.3 Å². The number of hydrogen-bond acceptors (Lipinski definition) is 5. The van der Waals surface area contributed by atoms with E-state index in [0.29, 0.717) is 5.02 Å². The van der Waals surface area contributed by atoms with Crippen LogP contribution < -0.4 is 5.73 Å². The summed E-state index contributed by atoms with van der Waals surface area (Å²) >= 11 is 5.64. The van der Waals surface area contributed by atoms with Crippen LogP contribution in [-0.2, 0) is 5.54 Å². The molecule has 0 saturated heterocycles. The Bertz CT molecular complexity index is 579. The number of pyridine rings is 1. The molecule has 0 aliphatic rings. The maximum Gasteiger partial charge on any atom is 0.415 e. The molecular formula is C10H8ClF3N4O. The zero-order valence-electron chi connectivity index (χ0n) is 9.57. The van der Waals surface area contributed by atoms with Crippen molar-refractivity contribution in [3.05, 3.63) is 29.2 Å². The highest BCUT2D eigenvalue weighted by atomic mass is 35.5. The van der Waals surface area contributed by atoms with Crippen molar-refractivity contribution in [1.82, 2.24) is 15.1 Å². The second kappa shape index (κ2) is 4.46. The van der Waals surface area contributed by atoms with E-state index >= 15 is 0 Å². The summed E-state index contributed by atoms with van der Waals surface area (Å²) in [5.74, 6) is -0.820. The number of nitrogens with zero attached hydrogens (tertiary/aromatic N) is 3. The summed E-state index contributed by atoms with van der Waals surface area (Å²) in [4.78, 5) is 7.49. The van der Waals surface area contributed by atoms with Crippen LogP contribution in [0.5, 0.6) is 0 Å². The van der Waals surface area contributed by atoms with Crippen LogP contribution >= 0.6 is 11.6 Å². The Balaban J connectivity index is 2.37. The third kappa shape index (κ3) is 2.54. The lowest BCUT2D eigenvalue weighted by Crippen LogP contribution is -2.47. The summed E-state index contributed by atoms with van der Waals surface area (Å²) < 4.78 is 42.7. The van der Waals surface area contributed by atoms with Gasteiger partial charge in [0.05, 0.1) is 5.02 Å². The molecule has 2 aromatic heterocycles. The van der Waals surface area contributed by atoms with E-state index in [1.54, 1.807) is 0 Å². The summed E-state index contributed by atoms with van der Waals surface area (Å²) in [5.41, 5.74) is 2.68. The van der Waals surface area contributed by atoms with E-state index in [-0.39, 0.29) is 11.5 Å². The fourth-order valence-electron chi connectivity index (χ4n) is 1.17. The minimum atomic E-state index is -4.70. The van der Waals surface area contributed by atoms with Gasteiger partial charge in [-0.25, -0.2) is 0 Å². The van der Waals surface area contributed by atoms with Gasteiger partial charge in [-0.15, -0.1) is 0 Å². The smallest absolute Gasteiger partial charge is 0.336 e. The van der Waals surface area contributed by atoms with Gasteiger partial charge < -0.3 is 10.3 Å². The topological polar surface area (TPSA) is 77.8 Å². The maximum atomic E-state index is 12.7. The highest BCUT2D eigenvalue weighted by molar-refractivity contribution is 6.30. The monoisotopic (exact) mass is 292 g/mol. The van der Waals surface area contributed by atoms with Gasteiger partial charge in [-0.2, -0.15) is 18.2 Å². The van der Waals surface area contributed by atoms with Crippen molar-refractivity contribution in [2.45, 2.75) is 18.6 Å². The summed E-state index contributed by atoms with van der Waals surface area (Å²) in [6.45, 7) is 0.750. The van der Waals surface area contributed by atoms with Crippen LogP contribution in [-0.4, -0.2) is 21.3 Å². The Labute approximate surface area is 110 Å². The van der Waals surface area contributed by atoms with Crippen LogP contribution in [0.3, 0.4) is 0 Å². The van der Waals surface area contributed by atoms with E-state index in [9.17, 15) is 13.2 Å². The van der Waals surface area contributed by atoms with Gasteiger partial charge in [0.2, 0.25) is 5.82 Å². The van der Waals surface area contributed by atoms with Crippen molar-refractivity contribution in [2.75, 3.05) is 0 Å². The van der Waals surface area contributed by atoms with Crippen molar-refractivity contribution >= 4 is 11.6 Å². The van der Waals surface area contributed by atoms with E-state index in [1.807, 2.05) is 0 Å². The number of rotatable bonds is 2. The Hall–Kier alpha value is -1.67. The highest BCUT2D eigenvalue weighted by Crippen LogP contribution is 2.35. The lowest BCUT2D eigenvalue weighted by molar-refractivity contribution is -0.190. The first-order valence-electron chi connectivity index (χ1n) is 5.03. The normalized spacial score (nSPS) is 15.3. The predicted octanol–water partition coefficient (Wildman–Crippen LogP) is 2.52. The molecule has 0 amide bonds. The fourth-order valence-corrected chi connectivity index (χ4v) is 1.28. The Morgan fingerprint density at radius 2 is 2.00 bits per heavy atom. The first-order valence-corrected chi connectivity index (χ1v) is 5.41. The van der Waals surface area contributed by atoms with E-state index in [2.05, 4.69) is 19.6 Å². The van der Waals surface area contributed by atoms with Crippen molar-refractivity contribution in [2.24, 2.45) is 5.73 Å². The number of alkyl halides is 3. The number of halogens is 4. The molecule has 0 saturated carbocycles. The maximum absolute atomic E-state index is 12.7. The first-order chi connectivity index (χ1) is 8.72. The van der Waals surface area contributed by atoms with Gasteiger partial charge in [0.25, 0.3) is 5.89 Å². The molecule has 0 aromatic carbocycles. The van der Waals surface area contributed by atoms with Crippen LogP contribution in [0.25, 0.3) is 11.5 Å². The Morgan fingerprint density at radius 1 is 1.32 bits per heavy atom. The molecule has 0 radical (unpaired) electrons. The molecule has 2 rings (SSSR count). The third-order valence-electron chi connectivity index (χ3n) is 2.42. The van der Waals surface area contributed by atoms with Crippen molar-refractivity contribution in [3.63, 3.8) is 0 Å². The molecule has 2 N–H and O–H groups in total. The molecule has 9 heteroatoms. The Morgan fingerprint density at radius 3 is 2.53 bits per heavy atom. The SMILES string of the molecule is CC(N)(c1nc(-c2ccc(Cl)cn2)no1)C(F)(F)F. The Kier molecular flexibility index (Phi) is 3.23. The lowest BCUT2D eigenvalue weighted by atomic mass is 10.0. The first kappa shape index (κ1) is 13.8. The molecule has 2 heterocycles. The van der Waals surface area contributed by atoms with Gasteiger partial charge in [0.1, 0.15) is 5.69 Å². The van der Waals surface area contributed by atoms with Gasteiger partial charge in [0, 0.05) is 6.20 Å². The third-order valence-corrected chi connectivity index (χ3v) is 2.64. The molecule has 2 aromatic rings. The van der Waals surface area contributed by atoms with Crippen molar-refractivity contribution in [1.29, 1.82) is 0 Å². The molecule has 0 aliphatic carbocycles. The van der Waals surface area contributed by atoms with Crippen molar-refractivity contribution in [3.8, 4) is 11.5 Å². The van der Waals surface area contributed by atoms with Gasteiger partial charge in [0.15, 0.2) is 5.54 Å². The lowest BCUT2D eigenvalue weighted by Gasteiger charge is -2.22. The number of aromatic nitrogens is 3. The standard InChI is InChI=1S/C10H8ClF3N4O/c1-9(15,10(12,13)14)8-17-7(18-19-8)6-3-2-5(11)4-16-6/h2-4H,15H2,1H3. The summed E-state index contributed by atoms with van der Waals surface area (Å²) in [5, 5.41) is 3.81. The average molecular weight is 293 g/mol. The molecule has 1 unspecified atom stereocenters. The zero-order valence-corrected chi connectivity index (χ0v) is 10.3. The number of hydrogen-bond donors (Lipinski definition) is 1. The average Bonchev–Trinajstić information content (AvgIpc) is 2.78. The predicted molar refractivity (Wildman–Crippen MR) is 60.1 cm³/mol. The number of nitrogens with two attached hydrogens (primary N) is 1. The molecule has 0 spiro atoms. The zero-order chi connectivity index (χ0) is 14.3. The van der Waals surface area contributed by atoms with Gasteiger partial charge in [-0.3, -0.25) is 4.98 Å². The van der Waals surface area contributed by atoms with E-state index in [0.717, 1.165) is 6.92 Å². The van der Waals surface area contributed by atoms with Crippen LogP contribution in [0.15, 0.2) is 22.9 Å². The van der Waals surface area contributed by atoms with Gasteiger partial charge in [-0.05, 0) is 19.1 Å². The van der Waals surface area contributed by atoms with E-state index < -0.39 is 17.6 Å². The van der Waals surface area contributed by atoms with Crippen LogP contribution in [0, 0.1) is 0 Å². The molecule has 0 aliphatic heterocycles. The quantitative estimate of drug-likeness (QED) is 0.920. The molecular weight excluding hydrogens is 285 g/mol. The van der Waals surface area contributed by atoms with Crippen LogP contribution in [0.1, 0.15) is 12.8 Å². The van der Waals surface area contributed by atoms with Crippen LogP contribution in [0.4, 0.5) is 13.2 Å². The molecule has 0 fully saturated rings.